The van der Waals surface area contributed by atoms with Crippen molar-refractivity contribution < 1.29 is 4.79 Å². The van der Waals surface area contributed by atoms with Gasteiger partial charge in [0.2, 0.25) is 5.91 Å². The molecular weight excluding hydrogens is 402 g/mol. The molecule has 0 spiro atoms. The van der Waals surface area contributed by atoms with Gasteiger partial charge in [-0.25, -0.2) is 4.98 Å². The molecule has 150 valence electrons. The molecule has 2 aromatic carbocycles. The van der Waals surface area contributed by atoms with Gasteiger partial charge in [0.25, 0.3) is 0 Å². The molecule has 1 saturated heterocycles. The second kappa shape index (κ2) is 9.08. The molecule has 1 aliphatic rings. The van der Waals surface area contributed by atoms with Crippen LogP contribution in [0, 0.1) is 6.92 Å². The number of hydrogen-bond donors (Lipinski definition) is 0. The molecule has 0 bridgehead atoms. The number of halogens is 1. The van der Waals surface area contributed by atoms with Gasteiger partial charge < -0.3 is 4.90 Å². The van der Waals surface area contributed by atoms with Crippen molar-refractivity contribution in [3.8, 4) is 10.6 Å². The van der Waals surface area contributed by atoms with Gasteiger partial charge in [0, 0.05) is 48.7 Å². The van der Waals surface area contributed by atoms with Gasteiger partial charge in [0.1, 0.15) is 5.01 Å². The molecule has 1 amide bonds. The quantitative estimate of drug-likeness (QED) is 0.596. The Morgan fingerprint density at radius 3 is 2.59 bits per heavy atom. The van der Waals surface area contributed by atoms with E-state index in [1.165, 1.54) is 5.56 Å². The molecular formula is C23H24ClN3OS. The van der Waals surface area contributed by atoms with Gasteiger partial charge in [-0.3, -0.25) is 9.69 Å². The molecule has 4 nitrogen and oxygen atoms in total. The van der Waals surface area contributed by atoms with Gasteiger partial charge in [0.05, 0.1) is 12.1 Å². The largest absolute Gasteiger partial charge is 0.340 e. The van der Waals surface area contributed by atoms with Crippen LogP contribution in [0.2, 0.25) is 5.02 Å². The summed E-state index contributed by atoms with van der Waals surface area (Å²) >= 11 is 7.63. The molecule has 3 aromatic rings. The fourth-order valence-electron chi connectivity index (χ4n) is 3.60. The number of piperazine rings is 1. The van der Waals surface area contributed by atoms with Crippen molar-refractivity contribution >= 4 is 28.8 Å². The van der Waals surface area contributed by atoms with Crippen LogP contribution in [0.1, 0.15) is 16.8 Å². The molecule has 0 N–H and O–H groups in total. The molecule has 29 heavy (non-hydrogen) atoms. The lowest BCUT2D eigenvalue weighted by molar-refractivity contribution is -0.132. The third-order valence-corrected chi connectivity index (χ3v) is 6.38. The van der Waals surface area contributed by atoms with Crippen molar-refractivity contribution in [2.45, 2.75) is 19.9 Å². The summed E-state index contributed by atoms with van der Waals surface area (Å²) in [5.74, 6) is 0.217. The number of hydrogen-bond acceptors (Lipinski definition) is 4. The van der Waals surface area contributed by atoms with Crippen molar-refractivity contribution in [1.82, 2.24) is 14.8 Å². The molecule has 1 fully saturated rings. The highest BCUT2D eigenvalue weighted by molar-refractivity contribution is 7.13. The number of carbonyl (C=O) groups is 1. The van der Waals surface area contributed by atoms with Crippen LogP contribution in [0.5, 0.6) is 0 Å². The lowest BCUT2D eigenvalue weighted by Gasteiger charge is -2.34. The van der Waals surface area contributed by atoms with E-state index in [0.717, 1.165) is 59.6 Å². The Bertz CT molecular complexity index is 978. The van der Waals surface area contributed by atoms with Crippen molar-refractivity contribution in [2.75, 3.05) is 26.2 Å². The SMILES string of the molecule is Cc1cccc(CC(=O)N2CCN(Cc3csc(-c4ccc(Cl)cc4)n3)CC2)c1. The lowest BCUT2D eigenvalue weighted by Crippen LogP contribution is -2.48. The molecule has 2 heterocycles. The molecule has 6 heteroatoms. The highest BCUT2D eigenvalue weighted by Gasteiger charge is 2.22. The number of nitrogens with zero attached hydrogens (tertiary/aromatic N) is 3. The summed E-state index contributed by atoms with van der Waals surface area (Å²) < 4.78 is 0. The first-order valence-corrected chi connectivity index (χ1v) is 11.1. The van der Waals surface area contributed by atoms with E-state index in [4.69, 9.17) is 16.6 Å². The number of benzene rings is 2. The fourth-order valence-corrected chi connectivity index (χ4v) is 4.54. The molecule has 0 saturated carbocycles. The average Bonchev–Trinajstić information content (AvgIpc) is 3.17. The predicted molar refractivity (Wildman–Crippen MR) is 119 cm³/mol. The van der Waals surface area contributed by atoms with Gasteiger partial charge in [0.15, 0.2) is 0 Å². The van der Waals surface area contributed by atoms with Crippen LogP contribution in [0.4, 0.5) is 0 Å². The Kier molecular flexibility index (Phi) is 6.28. The molecule has 1 aliphatic heterocycles. The maximum atomic E-state index is 12.6. The van der Waals surface area contributed by atoms with Crippen LogP contribution < -0.4 is 0 Å². The monoisotopic (exact) mass is 425 g/mol. The Balaban J connectivity index is 1.29. The van der Waals surface area contributed by atoms with Crippen molar-refractivity contribution in [3.05, 3.63) is 75.8 Å². The predicted octanol–water partition coefficient (Wildman–Crippen LogP) is 4.66. The average molecular weight is 426 g/mol. The highest BCUT2D eigenvalue weighted by Crippen LogP contribution is 2.25. The van der Waals surface area contributed by atoms with E-state index in [1.807, 2.05) is 41.3 Å². The van der Waals surface area contributed by atoms with Gasteiger partial charge in [-0.2, -0.15) is 0 Å². The first kappa shape index (κ1) is 20.1. The topological polar surface area (TPSA) is 36.4 Å². The third kappa shape index (κ3) is 5.24. The van der Waals surface area contributed by atoms with E-state index in [1.54, 1.807) is 11.3 Å². The number of aromatic nitrogens is 1. The minimum atomic E-state index is 0.217. The number of amides is 1. The zero-order valence-electron chi connectivity index (χ0n) is 16.5. The second-order valence-corrected chi connectivity index (χ2v) is 8.77. The Labute approximate surface area is 180 Å². The smallest absolute Gasteiger partial charge is 0.227 e. The van der Waals surface area contributed by atoms with Crippen LogP contribution >= 0.6 is 22.9 Å². The Hall–Kier alpha value is -2.21. The molecule has 0 atom stereocenters. The molecule has 0 unspecified atom stereocenters. The number of rotatable bonds is 5. The third-order valence-electron chi connectivity index (χ3n) is 5.19. The first-order chi connectivity index (χ1) is 14.1. The van der Waals surface area contributed by atoms with E-state index in [9.17, 15) is 4.79 Å². The summed E-state index contributed by atoms with van der Waals surface area (Å²) in [6.45, 7) is 6.20. The van der Waals surface area contributed by atoms with E-state index in [0.29, 0.717) is 6.42 Å². The summed E-state index contributed by atoms with van der Waals surface area (Å²) in [5, 5.41) is 3.88. The maximum absolute atomic E-state index is 12.6. The van der Waals surface area contributed by atoms with E-state index >= 15 is 0 Å². The number of aryl methyl sites for hydroxylation is 1. The lowest BCUT2D eigenvalue weighted by atomic mass is 10.1. The Morgan fingerprint density at radius 2 is 1.86 bits per heavy atom. The minimum Gasteiger partial charge on any atom is -0.340 e. The zero-order chi connectivity index (χ0) is 20.2. The van der Waals surface area contributed by atoms with Gasteiger partial charge in [-0.05, 0) is 24.6 Å². The zero-order valence-corrected chi connectivity index (χ0v) is 18.0. The van der Waals surface area contributed by atoms with Crippen molar-refractivity contribution in [2.24, 2.45) is 0 Å². The van der Waals surface area contributed by atoms with Crippen molar-refractivity contribution in [1.29, 1.82) is 0 Å². The molecule has 0 radical (unpaired) electrons. The maximum Gasteiger partial charge on any atom is 0.227 e. The van der Waals surface area contributed by atoms with Gasteiger partial charge in [-0.15, -0.1) is 11.3 Å². The summed E-state index contributed by atoms with van der Waals surface area (Å²) in [6, 6.07) is 16.0. The normalized spacial score (nSPS) is 14.9. The van der Waals surface area contributed by atoms with Gasteiger partial charge >= 0.3 is 0 Å². The molecule has 4 rings (SSSR count). The summed E-state index contributed by atoms with van der Waals surface area (Å²) in [4.78, 5) is 21.7. The van der Waals surface area contributed by atoms with Crippen LogP contribution in [0.25, 0.3) is 10.6 Å². The van der Waals surface area contributed by atoms with Crippen LogP contribution in [0.15, 0.2) is 53.9 Å². The van der Waals surface area contributed by atoms with Crippen molar-refractivity contribution in [3.63, 3.8) is 0 Å². The second-order valence-electron chi connectivity index (χ2n) is 7.47. The van der Waals surface area contributed by atoms with Crippen LogP contribution in [-0.4, -0.2) is 46.9 Å². The van der Waals surface area contributed by atoms with Crippen LogP contribution in [-0.2, 0) is 17.8 Å². The number of thiazole rings is 1. The summed E-state index contributed by atoms with van der Waals surface area (Å²) in [7, 11) is 0. The van der Waals surface area contributed by atoms with E-state index in [2.05, 4.69) is 29.3 Å². The summed E-state index contributed by atoms with van der Waals surface area (Å²) in [6.07, 6.45) is 0.484. The first-order valence-electron chi connectivity index (χ1n) is 9.83. The van der Waals surface area contributed by atoms with Gasteiger partial charge in [-0.1, -0.05) is 53.6 Å². The molecule has 1 aromatic heterocycles. The number of carbonyl (C=O) groups excluding carboxylic acids is 1. The van der Waals surface area contributed by atoms with E-state index < -0.39 is 0 Å². The minimum absolute atomic E-state index is 0.217. The van der Waals surface area contributed by atoms with E-state index in [-0.39, 0.29) is 5.91 Å². The standard InChI is InChI=1S/C23H24ClN3OS/c1-17-3-2-4-18(13-17)14-22(28)27-11-9-26(10-12-27)15-21-16-29-23(25-21)19-5-7-20(24)8-6-19/h2-8,13,16H,9-12,14-15H2,1H3. The van der Waals surface area contributed by atoms with Crippen LogP contribution in [0.3, 0.4) is 0 Å². The highest BCUT2D eigenvalue weighted by atomic mass is 35.5. The summed E-state index contributed by atoms with van der Waals surface area (Å²) in [5.41, 5.74) is 4.47. The molecule has 0 aliphatic carbocycles. The Morgan fingerprint density at radius 1 is 1.10 bits per heavy atom. The fraction of sp³-hybridized carbons (Fsp3) is 0.304.